The van der Waals surface area contributed by atoms with Crippen molar-refractivity contribution in [1.29, 1.82) is 0 Å². The molecule has 2 aromatic rings. The van der Waals surface area contributed by atoms with Crippen molar-refractivity contribution in [2.24, 2.45) is 7.05 Å². The van der Waals surface area contributed by atoms with Crippen molar-refractivity contribution in [2.75, 3.05) is 5.73 Å². The van der Waals surface area contributed by atoms with Crippen LogP contribution in [0.1, 0.15) is 0 Å². The molecule has 0 radical (unpaired) electrons. The molecule has 0 fully saturated rings. The van der Waals surface area contributed by atoms with Gasteiger partial charge in [-0.2, -0.15) is 10.2 Å². The number of aryl methyl sites for hydroxylation is 1. The van der Waals surface area contributed by atoms with Crippen molar-refractivity contribution < 1.29 is 0 Å². The highest BCUT2D eigenvalue weighted by Gasteiger charge is 2.08. The topological polar surface area (TPSA) is 85.4 Å². The van der Waals surface area contributed by atoms with Crippen LogP contribution in [0.3, 0.4) is 0 Å². The van der Waals surface area contributed by atoms with Crippen LogP contribution in [-0.2, 0) is 7.05 Å². The summed E-state index contributed by atoms with van der Waals surface area (Å²) >= 11 is 0. The van der Waals surface area contributed by atoms with Crippen LogP contribution in [0.4, 0.5) is 5.82 Å². The van der Waals surface area contributed by atoms with E-state index in [9.17, 15) is 0 Å². The Morgan fingerprint density at radius 2 is 2.42 bits per heavy atom. The van der Waals surface area contributed by atoms with Gasteiger partial charge in [0.2, 0.25) is 0 Å². The highest BCUT2D eigenvalue weighted by atomic mass is 15.3. The van der Waals surface area contributed by atoms with Gasteiger partial charge in [-0.15, -0.1) is 0 Å². The Hall–Kier alpha value is -1.85. The van der Waals surface area contributed by atoms with Crippen LogP contribution < -0.4 is 5.73 Å². The molecule has 0 bridgehead atoms. The first kappa shape index (κ1) is 6.84. The molecule has 62 valence electrons. The van der Waals surface area contributed by atoms with Crippen LogP contribution in [0, 0.1) is 0 Å². The molecule has 6 heteroatoms. The van der Waals surface area contributed by atoms with Gasteiger partial charge < -0.3 is 5.73 Å². The average Bonchev–Trinajstić information content (AvgIpc) is 2.59. The third-order valence-corrected chi connectivity index (χ3v) is 1.62. The van der Waals surface area contributed by atoms with Gasteiger partial charge in [0.05, 0.1) is 11.8 Å². The Labute approximate surface area is 68.4 Å². The minimum atomic E-state index is 0.506. The number of aromatic amines is 1. The van der Waals surface area contributed by atoms with E-state index in [1.807, 2.05) is 0 Å². The minimum absolute atomic E-state index is 0.506. The Morgan fingerprint density at radius 3 is 2.92 bits per heavy atom. The Bertz CT molecular complexity index is 348. The maximum Gasteiger partial charge on any atom is 0.163 e. The third kappa shape index (κ3) is 0.849. The fourth-order valence-corrected chi connectivity index (χ4v) is 1.01. The van der Waals surface area contributed by atoms with E-state index in [1.54, 1.807) is 17.9 Å². The van der Waals surface area contributed by atoms with Crippen molar-refractivity contribution in [3.05, 3.63) is 12.5 Å². The molecule has 0 aromatic carbocycles. The maximum absolute atomic E-state index is 5.60. The van der Waals surface area contributed by atoms with Gasteiger partial charge in [0.1, 0.15) is 12.1 Å². The average molecular weight is 164 g/mol. The van der Waals surface area contributed by atoms with Crippen molar-refractivity contribution in [3.63, 3.8) is 0 Å². The van der Waals surface area contributed by atoms with Crippen molar-refractivity contribution >= 4 is 5.82 Å². The minimum Gasteiger partial charge on any atom is -0.383 e. The lowest BCUT2D eigenvalue weighted by atomic mass is 10.3. The predicted molar refractivity (Wildman–Crippen MR) is 43.0 cm³/mol. The number of nitrogen functional groups attached to an aromatic ring is 1. The van der Waals surface area contributed by atoms with E-state index >= 15 is 0 Å². The SMILES string of the molecule is Cn1ncnc1-c1cn[nH]c1N. The molecule has 0 spiro atoms. The summed E-state index contributed by atoms with van der Waals surface area (Å²) < 4.78 is 1.64. The molecular weight excluding hydrogens is 156 g/mol. The zero-order chi connectivity index (χ0) is 8.55. The maximum atomic E-state index is 5.60. The summed E-state index contributed by atoms with van der Waals surface area (Å²) in [7, 11) is 1.80. The number of H-pyrrole nitrogens is 1. The molecule has 3 N–H and O–H groups in total. The molecular formula is C6H8N6. The first-order chi connectivity index (χ1) is 5.79. The Balaban J connectivity index is 2.57. The number of nitrogens with two attached hydrogens (primary N) is 1. The molecule has 0 atom stereocenters. The quantitative estimate of drug-likeness (QED) is 0.610. The molecule has 0 unspecified atom stereocenters. The van der Waals surface area contributed by atoms with Gasteiger partial charge in [-0.3, -0.25) is 5.10 Å². The van der Waals surface area contributed by atoms with Crippen LogP contribution in [0.2, 0.25) is 0 Å². The van der Waals surface area contributed by atoms with Crippen molar-refractivity contribution in [3.8, 4) is 11.4 Å². The molecule has 12 heavy (non-hydrogen) atoms. The van der Waals surface area contributed by atoms with Gasteiger partial charge in [0, 0.05) is 7.05 Å². The second-order valence-electron chi connectivity index (χ2n) is 2.40. The lowest BCUT2D eigenvalue weighted by molar-refractivity contribution is 0.775. The second-order valence-corrected chi connectivity index (χ2v) is 2.40. The third-order valence-electron chi connectivity index (χ3n) is 1.62. The summed E-state index contributed by atoms with van der Waals surface area (Å²) in [6.45, 7) is 0. The van der Waals surface area contributed by atoms with Crippen LogP contribution >= 0.6 is 0 Å². The summed E-state index contributed by atoms with van der Waals surface area (Å²) in [5, 5.41) is 10.3. The van der Waals surface area contributed by atoms with E-state index in [0.29, 0.717) is 11.6 Å². The monoisotopic (exact) mass is 164 g/mol. The summed E-state index contributed by atoms with van der Waals surface area (Å²) in [4.78, 5) is 4.03. The van der Waals surface area contributed by atoms with E-state index in [-0.39, 0.29) is 0 Å². The Morgan fingerprint density at radius 1 is 1.58 bits per heavy atom. The van der Waals surface area contributed by atoms with Crippen molar-refractivity contribution in [1.82, 2.24) is 25.0 Å². The number of hydrogen-bond acceptors (Lipinski definition) is 4. The molecule has 0 aliphatic rings. The molecule has 0 aliphatic carbocycles. The number of nitrogens with zero attached hydrogens (tertiary/aromatic N) is 4. The molecule has 2 rings (SSSR count). The van der Waals surface area contributed by atoms with E-state index < -0.39 is 0 Å². The van der Waals surface area contributed by atoms with Crippen LogP contribution in [-0.4, -0.2) is 25.0 Å². The number of aromatic nitrogens is 5. The molecule has 2 heterocycles. The predicted octanol–water partition coefficient (Wildman–Crippen LogP) is -0.213. The largest absolute Gasteiger partial charge is 0.383 e. The fourth-order valence-electron chi connectivity index (χ4n) is 1.01. The first-order valence-corrected chi connectivity index (χ1v) is 3.42. The molecule has 0 amide bonds. The van der Waals surface area contributed by atoms with Crippen LogP contribution in [0.25, 0.3) is 11.4 Å². The van der Waals surface area contributed by atoms with E-state index in [4.69, 9.17) is 5.73 Å². The van der Waals surface area contributed by atoms with Gasteiger partial charge >= 0.3 is 0 Å². The summed E-state index contributed by atoms with van der Waals surface area (Å²) in [6, 6.07) is 0. The zero-order valence-electron chi connectivity index (χ0n) is 6.52. The summed E-state index contributed by atoms with van der Waals surface area (Å²) in [5.41, 5.74) is 6.37. The first-order valence-electron chi connectivity index (χ1n) is 3.42. The molecule has 0 aliphatic heterocycles. The van der Waals surface area contributed by atoms with Crippen LogP contribution in [0.15, 0.2) is 12.5 Å². The molecule has 2 aromatic heterocycles. The smallest absolute Gasteiger partial charge is 0.163 e. The molecule has 6 nitrogen and oxygen atoms in total. The second kappa shape index (κ2) is 2.33. The number of rotatable bonds is 1. The van der Waals surface area contributed by atoms with E-state index in [0.717, 1.165) is 5.56 Å². The van der Waals surface area contributed by atoms with Gasteiger partial charge in [0.15, 0.2) is 5.82 Å². The van der Waals surface area contributed by atoms with Gasteiger partial charge in [-0.25, -0.2) is 9.67 Å². The normalized spacial score (nSPS) is 10.4. The van der Waals surface area contributed by atoms with Crippen molar-refractivity contribution in [2.45, 2.75) is 0 Å². The van der Waals surface area contributed by atoms with Gasteiger partial charge in [-0.05, 0) is 0 Å². The fraction of sp³-hybridized carbons (Fsp3) is 0.167. The Kier molecular flexibility index (Phi) is 1.33. The van der Waals surface area contributed by atoms with Gasteiger partial charge in [-0.1, -0.05) is 0 Å². The number of anilines is 1. The van der Waals surface area contributed by atoms with E-state index in [1.165, 1.54) is 6.33 Å². The molecule has 0 saturated carbocycles. The summed E-state index contributed by atoms with van der Waals surface area (Å²) in [5.74, 6) is 1.22. The number of nitrogens with one attached hydrogen (secondary N) is 1. The molecule has 0 saturated heterocycles. The summed E-state index contributed by atoms with van der Waals surface area (Å²) in [6.07, 6.45) is 3.10. The zero-order valence-corrected chi connectivity index (χ0v) is 6.52. The standard InChI is InChI=1S/C6H8N6/c1-12-6(8-3-10-12)4-2-9-11-5(4)7/h2-3H,1H3,(H3,7,9,11). The van der Waals surface area contributed by atoms with E-state index in [2.05, 4.69) is 20.3 Å². The highest BCUT2D eigenvalue weighted by molar-refractivity contribution is 5.66. The van der Waals surface area contributed by atoms with Crippen LogP contribution in [0.5, 0.6) is 0 Å². The number of hydrogen-bond donors (Lipinski definition) is 2. The van der Waals surface area contributed by atoms with Gasteiger partial charge in [0.25, 0.3) is 0 Å². The lowest BCUT2D eigenvalue weighted by Gasteiger charge is -1.95. The lowest BCUT2D eigenvalue weighted by Crippen LogP contribution is -1.96. The highest BCUT2D eigenvalue weighted by Crippen LogP contribution is 2.19.